The van der Waals surface area contributed by atoms with Crippen LogP contribution < -0.4 is 3.53 Å². The van der Waals surface area contributed by atoms with E-state index in [1.54, 1.807) is 0 Å². The Morgan fingerprint density at radius 3 is 2.33 bits per heavy atom. The average molecular weight is 357 g/mol. The van der Waals surface area contributed by atoms with Crippen LogP contribution in [0.15, 0.2) is 36.7 Å². The molecule has 1 heterocycles. The first-order valence-corrected chi connectivity index (χ1v) is 11.3. The van der Waals surface area contributed by atoms with E-state index in [0.29, 0.717) is 6.04 Å². The summed E-state index contributed by atoms with van der Waals surface area (Å²) >= 11 is -0.887. The molecule has 0 fully saturated rings. The fraction of sp³-hybridized carbons (Fsp3) is 0.357. The summed E-state index contributed by atoms with van der Waals surface area (Å²) in [6.45, 7) is 2.23. The van der Waals surface area contributed by atoms with E-state index >= 15 is 0 Å². The molecule has 0 radical (unpaired) electrons. The predicted octanol–water partition coefficient (Wildman–Crippen LogP) is 3.42. The number of aryl methyl sites for hydroxylation is 1. The minimum absolute atomic E-state index is 0.452. The molecule has 2 rings (SSSR count). The van der Waals surface area contributed by atoms with Crippen LogP contribution in [-0.2, 0) is 7.05 Å². The third-order valence-corrected chi connectivity index (χ3v) is 5.01. The molecule has 0 bridgehead atoms. The van der Waals surface area contributed by atoms with E-state index in [1.165, 1.54) is 16.7 Å². The van der Waals surface area contributed by atoms with Gasteiger partial charge in [0.2, 0.25) is 0 Å². The number of nitrogens with zero attached hydrogens (tertiary/aromatic N) is 2. The second-order valence-electron chi connectivity index (χ2n) is 4.61. The summed E-state index contributed by atoms with van der Waals surface area (Å²) in [5, 5.41) is 4.20. The summed E-state index contributed by atoms with van der Waals surface area (Å²) in [6, 6.07) is 9.22. The zero-order valence-corrected chi connectivity index (χ0v) is 13.5. The first-order valence-electron chi connectivity index (χ1n) is 5.91. The molecule has 1 aromatic carbocycles. The first-order chi connectivity index (χ1) is 8.56. The zero-order chi connectivity index (χ0) is 13.1. The van der Waals surface area contributed by atoms with Gasteiger partial charge in [0.05, 0.1) is 0 Å². The minimum atomic E-state index is -0.887. The van der Waals surface area contributed by atoms with Crippen LogP contribution in [0.5, 0.6) is 0 Å². The number of rotatable bonds is 4. The predicted molar refractivity (Wildman–Crippen MR) is 86.1 cm³/mol. The molecule has 98 valence electrons. The Balaban J connectivity index is 2.15. The van der Waals surface area contributed by atoms with Gasteiger partial charge >= 0.3 is 117 Å². The molecule has 0 spiro atoms. The van der Waals surface area contributed by atoms with Crippen molar-refractivity contribution in [1.82, 2.24) is 13.3 Å². The Hall–Kier alpha value is -0.880. The first kappa shape index (κ1) is 13.5. The molecule has 1 unspecified atom stereocenters. The van der Waals surface area contributed by atoms with Gasteiger partial charge in [-0.15, -0.1) is 0 Å². The van der Waals surface area contributed by atoms with E-state index in [9.17, 15) is 0 Å². The number of aromatic nitrogens is 2. The van der Waals surface area contributed by atoms with Crippen molar-refractivity contribution in [2.45, 2.75) is 13.0 Å². The summed E-state index contributed by atoms with van der Waals surface area (Å²) in [6.07, 6.45) is 3.94. The Bertz CT molecular complexity index is 502. The molecular formula is C14H20IN3. The molecule has 3 nitrogen and oxygen atoms in total. The maximum atomic E-state index is 4.20. The van der Waals surface area contributed by atoms with E-state index in [1.807, 2.05) is 24.1 Å². The molecule has 1 aromatic heterocycles. The van der Waals surface area contributed by atoms with Crippen LogP contribution in [0.4, 0.5) is 0 Å². The van der Waals surface area contributed by atoms with E-state index in [2.05, 4.69) is 49.7 Å². The standard InChI is InChI=1S/C14H20IN3/c1-11(17-15(2)3)12-5-7-13(8-6-12)14-9-16-18(4)10-14/h5-11,17H,1-4H3. The second-order valence-corrected chi connectivity index (χ2v) is 9.55. The van der Waals surface area contributed by atoms with Gasteiger partial charge in [-0.25, -0.2) is 0 Å². The fourth-order valence-electron chi connectivity index (χ4n) is 1.92. The van der Waals surface area contributed by atoms with Gasteiger partial charge < -0.3 is 0 Å². The molecule has 18 heavy (non-hydrogen) atoms. The second kappa shape index (κ2) is 5.84. The molecule has 0 saturated heterocycles. The van der Waals surface area contributed by atoms with Crippen molar-refractivity contribution in [1.29, 1.82) is 0 Å². The van der Waals surface area contributed by atoms with Crippen LogP contribution in [0.25, 0.3) is 11.1 Å². The van der Waals surface area contributed by atoms with Crippen molar-refractivity contribution in [2.24, 2.45) is 7.05 Å². The number of alkyl halides is 2. The van der Waals surface area contributed by atoms with Gasteiger partial charge in [0, 0.05) is 0 Å². The van der Waals surface area contributed by atoms with E-state index in [-0.39, 0.29) is 0 Å². The molecule has 1 N–H and O–H groups in total. The monoisotopic (exact) mass is 357 g/mol. The topological polar surface area (TPSA) is 29.9 Å². The number of hydrogen-bond acceptors (Lipinski definition) is 2. The van der Waals surface area contributed by atoms with Crippen LogP contribution in [0.1, 0.15) is 18.5 Å². The number of benzene rings is 1. The summed E-state index contributed by atoms with van der Waals surface area (Å²) in [7, 11) is 1.94. The summed E-state index contributed by atoms with van der Waals surface area (Å²) < 4.78 is 5.49. The van der Waals surface area contributed by atoms with E-state index < -0.39 is 20.1 Å². The van der Waals surface area contributed by atoms with Crippen molar-refractivity contribution in [3.05, 3.63) is 42.2 Å². The molecule has 1 atom stereocenters. The molecule has 2 aromatic rings. The van der Waals surface area contributed by atoms with Gasteiger partial charge in [-0.2, -0.15) is 0 Å². The molecule has 0 aliphatic heterocycles. The summed E-state index contributed by atoms with van der Waals surface area (Å²) in [5.41, 5.74) is 3.75. The molecule has 4 heteroatoms. The van der Waals surface area contributed by atoms with Crippen LogP contribution in [-0.4, -0.2) is 19.6 Å². The van der Waals surface area contributed by atoms with Gasteiger partial charge in [0.1, 0.15) is 0 Å². The number of hydrogen-bond donors (Lipinski definition) is 1. The van der Waals surface area contributed by atoms with Gasteiger partial charge in [-0.1, -0.05) is 0 Å². The fourth-order valence-corrected chi connectivity index (χ4v) is 4.15. The zero-order valence-electron chi connectivity index (χ0n) is 11.3. The molecular weight excluding hydrogens is 337 g/mol. The maximum absolute atomic E-state index is 4.20. The van der Waals surface area contributed by atoms with Gasteiger partial charge in [0.25, 0.3) is 0 Å². The average Bonchev–Trinajstić information content (AvgIpc) is 2.75. The Labute approximate surface area is 116 Å². The SMILES string of the molecule is CC(NI(C)C)c1ccc(-c2cnn(C)c2)cc1. The Kier molecular flexibility index (Phi) is 4.40. The molecule has 0 aliphatic carbocycles. The Morgan fingerprint density at radius 1 is 1.17 bits per heavy atom. The third-order valence-electron chi connectivity index (χ3n) is 2.83. The van der Waals surface area contributed by atoms with Gasteiger partial charge in [-0.05, 0) is 0 Å². The van der Waals surface area contributed by atoms with Crippen LogP contribution >= 0.6 is 20.1 Å². The normalized spacial score (nSPS) is 13.4. The van der Waals surface area contributed by atoms with Crippen LogP contribution in [0, 0.1) is 0 Å². The van der Waals surface area contributed by atoms with Crippen molar-refractivity contribution >= 4 is 20.1 Å². The van der Waals surface area contributed by atoms with Gasteiger partial charge in [-0.3, -0.25) is 0 Å². The molecule has 0 saturated carbocycles. The van der Waals surface area contributed by atoms with Crippen molar-refractivity contribution in [3.63, 3.8) is 0 Å². The number of halogens is 1. The number of nitrogens with one attached hydrogen (secondary N) is 1. The van der Waals surface area contributed by atoms with E-state index in [0.717, 1.165) is 0 Å². The van der Waals surface area contributed by atoms with Crippen molar-refractivity contribution < 1.29 is 0 Å². The van der Waals surface area contributed by atoms with E-state index in [4.69, 9.17) is 0 Å². The summed E-state index contributed by atoms with van der Waals surface area (Å²) in [4.78, 5) is 4.65. The van der Waals surface area contributed by atoms with Crippen LogP contribution in [0.2, 0.25) is 0 Å². The van der Waals surface area contributed by atoms with Gasteiger partial charge in [0.15, 0.2) is 0 Å². The Morgan fingerprint density at radius 2 is 1.83 bits per heavy atom. The molecule has 0 aliphatic rings. The molecule has 0 amide bonds. The van der Waals surface area contributed by atoms with Crippen LogP contribution in [0.3, 0.4) is 0 Å². The summed E-state index contributed by atoms with van der Waals surface area (Å²) in [5.74, 6) is 0. The third kappa shape index (κ3) is 3.32. The van der Waals surface area contributed by atoms with Crippen molar-refractivity contribution in [3.8, 4) is 11.1 Å². The van der Waals surface area contributed by atoms with Crippen molar-refractivity contribution in [2.75, 3.05) is 9.86 Å². The quantitative estimate of drug-likeness (QED) is 0.516.